The fourth-order valence-corrected chi connectivity index (χ4v) is 4.06. The lowest BCUT2D eigenvalue weighted by atomic mass is 10.2. The summed E-state index contributed by atoms with van der Waals surface area (Å²) >= 11 is 5.07. The number of furan rings is 1. The van der Waals surface area contributed by atoms with Gasteiger partial charge in [0.2, 0.25) is 4.80 Å². The fraction of sp³-hybridized carbons (Fsp3) is 0.300. The molecule has 0 aliphatic carbocycles. The summed E-state index contributed by atoms with van der Waals surface area (Å²) in [5.41, 5.74) is 2.08. The molecule has 0 radical (unpaired) electrons. The van der Waals surface area contributed by atoms with E-state index in [-0.39, 0.29) is 23.1 Å². The molecule has 3 aromatic rings. The van der Waals surface area contributed by atoms with E-state index in [1.54, 1.807) is 17.6 Å². The number of ether oxygens (including phenoxy) is 1. The van der Waals surface area contributed by atoms with Crippen LogP contribution in [0.1, 0.15) is 24.4 Å². The van der Waals surface area contributed by atoms with Crippen molar-refractivity contribution < 1.29 is 9.15 Å². The Morgan fingerprint density at radius 3 is 2.75 bits per heavy atom. The van der Waals surface area contributed by atoms with Gasteiger partial charge in [0.15, 0.2) is 0 Å². The number of hydrogen-bond acceptors (Lipinski definition) is 5. The Morgan fingerprint density at radius 1 is 1.25 bits per heavy atom. The first kappa shape index (κ1) is 21.2. The molecule has 4 rings (SSSR count). The van der Waals surface area contributed by atoms with Crippen LogP contribution in [-0.2, 0) is 4.74 Å². The minimum atomic E-state index is 0. The highest BCUT2D eigenvalue weighted by molar-refractivity contribution is 9.10. The summed E-state index contributed by atoms with van der Waals surface area (Å²) in [4.78, 5) is 5.62. The largest absolute Gasteiger partial charge is 0.460 e. The van der Waals surface area contributed by atoms with E-state index in [1.165, 1.54) is 0 Å². The Kier molecular flexibility index (Phi) is 7.45. The average molecular weight is 527 g/mol. The van der Waals surface area contributed by atoms with Crippen molar-refractivity contribution in [1.29, 1.82) is 0 Å². The lowest BCUT2D eigenvalue weighted by Gasteiger charge is -2.05. The molecule has 1 atom stereocenters. The van der Waals surface area contributed by atoms with Crippen molar-refractivity contribution in [2.24, 2.45) is 10.1 Å². The number of thiazole rings is 1. The van der Waals surface area contributed by atoms with Gasteiger partial charge in [0.25, 0.3) is 0 Å². The third-order valence-electron chi connectivity index (χ3n) is 4.34. The maximum atomic E-state index is 5.69. The van der Waals surface area contributed by atoms with Crippen molar-refractivity contribution in [2.45, 2.75) is 25.9 Å². The molecule has 28 heavy (non-hydrogen) atoms. The number of benzene rings is 1. The van der Waals surface area contributed by atoms with E-state index in [1.807, 2.05) is 35.9 Å². The number of aromatic nitrogens is 1. The molecule has 1 saturated heterocycles. The maximum Gasteiger partial charge on any atom is 0.206 e. The molecule has 2 aromatic heterocycles. The zero-order valence-electron chi connectivity index (χ0n) is 15.4. The van der Waals surface area contributed by atoms with Gasteiger partial charge in [-0.1, -0.05) is 28.1 Å². The number of nitrogens with zero attached hydrogens (tertiary/aromatic N) is 3. The zero-order chi connectivity index (χ0) is 18.6. The van der Waals surface area contributed by atoms with Gasteiger partial charge in [0.05, 0.1) is 24.6 Å². The Morgan fingerprint density at radius 2 is 2.07 bits per heavy atom. The van der Waals surface area contributed by atoms with E-state index in [0.717, 1.165) is 51.5 Å². The number of hydrogen-bond donors (Lipinski definition) is 0. The molecule has 1 aromatic carbocycles. The van der Waals surface area contributed by atoms with Crippen molar-refractivity contribution in [3.05, 3.63) is 62.6 Å². The SMILES string of the molecule is Br.Cc1ccc(/C=N/n2c(-c3ccc(Br)cc3)csc2=NCC2CCCO2)o1. The van der Waals surface area contributed by atoms with Crippen LogP contribution in [0.4, 0.5) is 0 Å². The minimum Gasteiger partial charge on any atom is -0.460 e. The Balaban J connectivity index is 0.00000225. The van der Waals surface area contributed by atoms with Gasteiger partial charge in [0.1, 0.15) is 11.5 Å². The highest BCUT2D eigenvalue weighted by Gasteiger charge is 2.15. The molecule has 8 heteroatoms. The number of aryl methyl sites for hydroxylation is 1. The number of halogens is 2. The van der Waals surface area contributed by atoms with Gasteiger partial charge in [-0.25, -0.2) is 4.68 Å². The summed E-state index contributed by atoms with van der Waals surface area (Å²) in [6.07, 6.45) is 4.13. The predicted molar refractivity (Wildman–Crippen MR) is 122 cm³/mol. The second-order valence-corrected chi connectivity index (χ2v) is 8.14. The highest BCUT2D eigenvalue weighted by atomic mass is 79.9. The first-order valence-corrected chi connectivity index (χ1v) is 10.6. The Hall–Kier alpha value is -1.48. The topological polar surface area (TPSA) is 52.0 Å². The monoisotopic (exact) mass is 525 g/mol. The molecule has 1 unspecified atom stereocenters. The molecule has 0 N–H and O–H groups in total. The predicted octanol–water partition coefficient (Wildman–Crippen LogP) is 5.42. The Bertz CT molecular complexity index is 999. The van der Waals surface area contributed by atoms with Gasteiger partial charge in [-0.05, 0) is 44.0 Å². The summed E-state index contributed by atoms with van der Waals surface area (Å²) in [6.45, 7) is 3.42. The minimum absolute atomic E-state index is 0. The summed E-state index contributed by atoms with van der Waals surface area (Å²) in [7, 11) is 0. The van der Waals surface area contributed by atoms with Crippen molar-refractivity contribution in [2.75, 3.05) is 13.2 Å². The van der Waals surface area contributed by atoms with Crippen LogP contribution in [0, 0.1) is 6.92 Å². The zero-order valence-corrected chi connectivity index (χ0v) is 19.5. The molecule has 5 nitrogen and oxygen atoms in total. The highest BCUT2D eigenvalue weighted by Crippen LogP contribution is 2.22. The standard InChI is InChI=1S/C20H20BrN3O2S.BrH/c1-14-4-9-18(26-14)12-23-24-19(15-5-7-16(21)8-6-15)13-27-20(24)22-11-17-3-2-10-25-17;/h4-9,12-13,17H,2-3,10-11H2,1H3;1H/b22-20?,23-12+;. The summed E-state index contributed by atoms with van der Waals surface area (Å²) in [5, 5.41) is 6.74. The molecule has 148 valence electrons. The second kappa shape index (κ2) is 9.82. The van der Waals surface area contributed by atoms with E-state index < -0.39 is 0 Å². The molecular formula is C20H21Br2N3O2S. The van der Waals surface area contributed by atoms with Crippen LogP contribution in [-0.4, -0.2) is 30.1 Å². The van der Waals surface area contributed by atoms with Crippen LogP contribution >= 0.6 is 44.2 Å². The van der Waals surface area contributed by atoms with Crippen LogP contribution in [0.25, 0.3) is 11.3 Å². The molecule has 0 amide bonds. The quantitative estimate of drug-likeness (QED) is 0.417. The van der Waals surface area contributed by atoms with Crippen molar-refractivity contribution in [3.63, 3.8) is 0 Å². The summed E-state index contributed by atoms with van der Waals surface area (Å²) < 4.78 is 14.2. The van der Waals surface area contributed by atoms with Crippen LogP contribution in [0.2, 0.25) is 0 Å². The van der Waals surface area contributed by atoms with E-state index in [0.29, 0.717) is 6.54 Å². The van der Waals surface area contributed by atoms with Crippen LogP contribution < -0.4 is 4.80 Å². The molecule has 1 fully saturated rings. The van der Waals surface area contributed by atoms with Gasteiger partial charge < -0.3 is 9.15 Å². The first-order valence-electron chi connectivity index (χ1n) is 8.88. The normalized spacial score (nSPS) is 17.4. The van der Waals surface area contributed by atoms with Crippen molar-refractivity contribution in [3.8, 4) is 11.3 Å². The third-order valence-corrected chi connectivity index (χ3v) is 5.72. The van der Waals surface area contributed by atoms with Gasteiger partial charge in [0, 0.05) is 22.0 Å². The lowest BCUT2D eigenvalue weighted by Crippen LogP contribution is -2.17. The summed E-state index contributed by atoms with van der Waals surface area (Å²) in [6, 6.07) is 12.0. The number of rotatable bonds is 5. The van der Waals surface area contributed by atoms with Crippen LogP contribution in [0.3, 0.4) is 0 Å². The molecular weight excluding hydrogens is 506 g/mol. The van der Waals surface area contributed by atoms with Crippen molar-refractivity contribution in [1.82, 2.24) is 4.68 Å². The Labute approximate surface area is 186 Å². The smallest absolute Gasteiger partial charge is 0.206 e. The van der Waals surface area contributed by atoms with Gasteiger partial charge in [-0.3, -0.25) is 4.99 Å². The van der Waals surface area contributed by atoms with Gasteiger partial charge in [-0.2, -0.15) is 5.10 Å². The third kappa shape index (κ3) is 5.11. The van der Waals surface area contributed by atoms with Gasteiger partial charge >= 0.3 is 0 Å². The molecule has 0 bridgehead atoms. The van der Waals surface area contributed by atoms with Crippen LogP contribution in [0.15, 0.2) is 60.8 Å². The molecule has 3 heterocycles. The second-order valence-electron chi connectivity index (χ2n) is 6.39. The molecule has 0 spiro atoms. The molecule has 1 aliphatic heterocycles. The van der Waals surface area contributed by atoms with E-state index in [9.17, 15) is 0 Å². The van der Waals surface area contributed by atoms with Crippen LogP contribution in [0.5, 0.6) is 0 Å². The first-order chi connectivity index (χ1) is 13.2. The molecule has 0 saturated carbocycles. The fourth-order valence-electron chi connectivity index (χ4n) is 2.94. The summed E-state index contributed by atoms with van der Waals surface area (Å²) in [5.74, 6) is 1.58. The van der Waals surface area contributed by atoms with E-state index >= 15 is 0 Å². The van der Waals surface area contributed by atoms with E-state index in [4.69, 9.17) is 14.1 Å². The van der Waals surface area contributed by atoms with Crippen molar-refractivity contribution >= 4 is 50.5 Å². The van der Waals surface area contributed by atoms with E-state index in [2.05, 4.69) is 38.5 Å². The average Bonchev–Trinajstić information content (AvgIpc) is 3.40. The van der Waals surface area contributed by atoms with Gasteiger partial charge in [-0.15, -0.1) is 28.3 Å². The molecule has 1 aliphatic rings. The lowest BCUT2D eigenvalue weighted by molar-refractivity contribution is 0.117. The maximum absolute atomic E-state index is 5.69.